The van der Waals surface area contributed by atoms with Crippen LogP contribution in [0.4, 0.5) is 26.3 Å². The van der Waals surface area contributed by atoms with Crippen molar-refractivity contribution in [2.45, 2.75) is 25.5 Å². The molecule has 1 rings (SSSR count). The van der Waals surface area contributed by atoms with Gasteiger partial charge in [0.2, 0.25) is 0 Å². The van der Waals surface area contributed by atoms with Gasteiger partial charge >= 0.3 is 18.5 Å². The molecule has 11 heteroatoms. The van der Waals surface area contributed by atoms with Crippen molar-refractivity contribution in [3.8, 4) is 5.75 Å². The van der Waals surface area contributed by atoms with Crippen molar-refractivity contribution in [1.82, 2.24) is 4.98 Å². The summed E-state index contributed by atoms with van der Waals surface area (Å²) in [4.78, 5) is 14.3. The zero-order valence-corrected chi connectivity index (χ0v) is 11.0. The monoisotopic (exact) mass is 332 g/mol. The normalized spacial score (nSPS) is 12.2. The lowest BCUT2D eigenvalue weighted by atomic mass is 10.0. The van der Waals surface area contributed by atoms with E-state index in [9.17, 15) is 31.1 Å². The standard InChI is InChI=1S/C11H10F6N2O3/c1-21-8(20)2-6-9(10(12,13)14)5(3-18)7(4-19-6)22-11(15,16)17/h4H,2-3,18H2,1H3. The summed E-state index contributed by atoms with van der Waals surface area (Å²) in [6.07, 6.45) is -10.7. The number of nitrogens with two attached hydrogens (primary N) is 1. The smallest absolute Gasteiger partial charge is 0.469 e. The van der Waals surface area contributed by atoms with Gasteiger partial charge in [0.1, 0.15) is 0 Å². The molecule has 0 aliphatic carbocycles. The number of halogens is 6. The summed E-state index contributed by atoms with van der Waals surface area (Å²) in [5.41, 5.74) is 1.83. The molecule has 0 fully saturated rings. The van der Waals surface area contributed by atoms with Crippen LogP contribution in [0.5, 0.6) is 5.75 Å². The van der Waals surface area contributed by atoms with Gasteiger partial charge in [0, 0.05) is 12.1 Å². The first-order valence-corrected chi connectivity index (χ1v) is 5.60. The Kier molecular flexibility index (Phi) is 5.22. The number of alkyl halides is 6. The predicted molar refractivity (Wildman–Crippen MR) is 59.5 cm³/mol. The molecule has 124 valence electrons. The first kappa shape index (κ1) is 18.0. The molecule has 0 aliphatic rings. The average Bonchev–Trinajstić information content (AvgIpc) is 2.36. The van der Waals surface area contributed by atoms with Gasteiger partial charge in [0.05, 0.1) is 31.0 Å². The number of ether oxygens (including phenoxy) is 2. The molecule has 0 unspecified atom stereocenters. The van der Waals surface area contributed by atoms with E-state index in [-0.39, 0.29) is 0 Å². The lowest BCUT2D eigenvalue weighted by Gasteiger charge is -2.19. The molecular formula is C11H10F6N2O3. The third-order valence-electron chi connectivity index (χ3n) is 2.48. The average molecular weight is 332 g/mol. The van der Waals surface area contributed by atoms with Crippen molar-refractivity contribution < 1.29 is 40.6 Å². The number of aromatic nitrogens is 1. The molecule has 0 bridgehead atoms. The van der Waals surface area contributed by atoms with Gasteiger partial charge in [-0.05, 0) is 0 Å². The van der Waals surface area contributed by atoms with Crippen LogP contribution in [0.1, 0.15) is 16.8 Å². The molecular weight excluding hydrogens is 322 g/mol. The maximum atomic E-state index is 13.1. The lowest BCUT2D eigenvalue weighted by molar-refractivity contribution is -0.275. The van der Waals surface area contributed by atoms with Crippen LogP contribution in [0.15, 0.2) is 6.20 Å². The Morgan fingerprint density at radius 2 is 1.86 bits per heavy atom. The molecule has 0 saturated heterocycles. The van der Waals surface area contributed by atoms with E-state index >= 15 is 0 Å². The highest BCUT2D eigenvalue weighted by Crippen LogP contribution is 2.39. The van der Waals surface area contributed by atoms with E-state index in [1.54, 1.807) is 0 Å². The number of carbonyl (C=O) groups is 1. The fourth-order valence-electron chi connectivity index (χ4n) is 1.67. The van der Waals surface area contributed by atoms with Crippen LogP contribution < -0.4 is 10.5 Å². The van der Waals surface area contributed by atoms with Crippen LogP contribution >= 0.6 is 0 Å². The van der Waals surface area contributed by atoms with Gasteiger partial charge in [-0.3, -0.25) is 9.78 Å². The molecule has 2 N–H and O–H groups in total. The highest BCUT2D eigenvalue weighted by Gasteiger charge is 2.40. The van der Waals surface area contributed by atoms with Crippen molar-refractivity contribution in [2.24, 2.45) is 5.73 Å². The van der Waals surface area contributed by atoms with Gasteiger partial charge < -0.3 is 15.2 Å². The van der Waals surface area contributed by atoms with Crippen LogP contribution in [0.3, 0.4) is 0 Å². The van der Waals surface area contributed by atoms with E-state index in [0.29, 0.717) is 6.20 Å². The number of rotatable bonds is 4. The highest BCUT2D eigenvalue weighted by molar-refractivity contribution is 5.72. The fourth-order valence-corrected chi connectivity index (χ4v) is 1.67. The molecule has 0 amide bonds. The van der Waals surface area contributed by atoms with Crippen LogP contribution in [0, 0.1) is 0 Å². The quantitative estimate of drug-likeness (QED) is 0.676. The molecule has 5 nitrogen and oxygen atoms in total. The Balaban J connectivity index is 3.47. The highest BCUT2D eigenvalue weighted by atomic mass is 19.4. The number of pyridine rings is 1. The summed E-state index contributed by atoms with van der Waals surface area (Å²) in [5.74, 6) is -2.21. The number of esters is 1. The number of methoxy groups -OCH3 is 1. The second-order valence-electron chi connectivity index (χ2n) is 3.93. The molecule has 1 heterocycles. The topological polar surface area (TPSA) is 74.4 Å². The molecule has 1 aromatic heterocycles. The van der Waals surface area contributed by atoms with E-state index in [4.69, 9.17) is 5.73 Å². The van der Waals surface area contributed by atoms with Crippen LogP contribution in [-0.2, 0) is 28.7 Å². The molecule has 0 spiro atoms. The lowest BCUT2D eigenvalue weighted by Crippen LogP contribution is -2.23. The van der Waals surface area contributed by atoms with E-state index in [0.717, 1.165) is 7.11 Å². The summed E-state index contributed by atoms with van der Waals surface area (Å²) in [5, 5.41) is 0. The molecule has 1 aromatic rings. The van der Waals surface area contributed by atoms with Gasteiger partial charge in [-0.15, -0.1) is 13.2 Å². The van der Waals surface area contributed by atoms with E-state index in [1.807, 2.05) is 0 Å². The zero-order valence-electron chi connectivity index (χ0n) is 11.0. The van der Waals surface area contributed by atoms with Crippen molar-refractivity contribution >= 4 is 5.97 Å². The second-order valence-corrected chi connectivity index (χ2v) is 3.93. The first-order valence-electron chi connectivity index (χ1n) is 5.60. The summed E-state index contributed by atoms with van der Waals surface area (Å²) in [6.45, 7) is -0.892. The summed E-state index contributed by atoms with van der Waals surface area (Å²) in [6, 6.07) is 0. The Morgan fingerprint density at radius 3 is 2.27 bits per heavy atom. The Hall–Kier alpha value is -2.04. The minimum Gasteiger partial charge on any atom is -0.469 e. The number of nitrogens with zero attached hydrogens (tertiary/aromatic N) is 1. The third kappa shape index (κ3) is 4.48. The Labute approximate surface area is 120 Å². The van der Waals surface area contributed by atoms with Crippen LogP contribution in [0.25, 0.3) is 0 Å². The van der Waals surface area contributed by atoms with E-state index in [1.165, 1.54) is 0 Å². The van der Waals surface area contributed by atoms with Gasteiger partial charge in [-0.1, -0.05) is 0 Å². The number of hydrogen-bond donors (Lipinski definition) is 1. The Morgan fingerprint density at radius 1 is 1.27 bits per heavy atom. The van der Waals surface area contributed by atoms with Crippen LogP contribution in [-0.4, -0.2) is 24.4 Å². The number of carbonyl (C=O) groups excluding carboxylic acids is 1. The van der Waals surface area contributed by atoms with Gasteiger partial charge in [0.25, 0.3) is 0 Å². The molecule has 0 saturated carbocycles. The van der Waals surface area contributed by atoms with Crippen molar-refractivity contribution in [2.75, 3.05) is 7.11 Å². The SMILES string of the molecule is COC(=O)Cc1ncc(OC(F)(F)F)c(CN)c1C(F)(F)F. The fraction of sp³-hybridized carbons (Fsp3) is 0.455. The minimum atomic E-state index is -5.21. The van der Waals surface area contributed by atoms with Gasteiger partial charge in [-0.25, -0.2) is 0 Å². The third-order valence-corrected chi connectivity index (χ3v) is 2.48. The molecule has 0 aromatic carbocycles. The maximum absolute atomic E-state index is 13.1. The van der Waals surface area contributed by atoms with E-state index in [2.05, 4.69) is 14.5 Å². The largest absolute Gasteiger partial charge is 0.573 e. The van der Waals surface area contributed by atoms with Gasteiger partial charge in [-0.2, -0.15) is 13.2 Å². The zero-order chi connectivity index (χ0) is 17.1. The molecule has 0 radical (unpaired) electrons. The minimum absolute atomic E-state index is 0.434. The second kappa shape index (κ2) is 6.38. The van der Waals surface area contributed by atoms with Crippen LogP contribution in [0.2, 0.25) is 0 Å². The summed E-state index contributed by atoms with van der Waals surface area (Å²) < 4.78 is 83.6. The van der Waals surface area contributed by atoms with Crippen molar-refractivity contribution in [1.29, 1.82) is 0 Å². The van der Waals surface area contributed by atoms with Gasteiger partial charge in [0.15, 0.2) is 5.75 Å². The Bertz CT molecular complexity index is 556. The summed E-state index contributed by atoms with van der Waals surface area (Å²) >= 11 is 0. The first-order chi connectivity index (χ1) is 9.99. The summed E-state index contributed by atoms with van der Waals surface area (Å²) in [7, 11) is 0.945. The maximum Gasteiger partial charge on any atom is 0.573 e. The number of hydrogen-bond acceptors (Lipinski definition) is 5. The molecule has 22 heavy (non-hydrogen) atoms. The molecule has 0 atom stereocenters. The predicted octanol–water partition coefficient (Wildman–Crippen LogP) is 2.17. The van der Waals surface area contributed by atoms with Crippen molar-refractivity contribution in [3.63, 3.8) is 0 Å². The molecule has 0 aliphatic heterocycles. The van der Waals surface area contributed by atoms with Crippen molar-refractivity contribution in [3.05, 3.63) is 23.0 Å². The van der Waals surface area contributed by atoms with E-state index < -0.39 is 54.0 Å².